The monoisotopic (exact) mass is 830 g/mol. The van der Waals surface area contributed by atoms with E-state index in [4.69, 9.17) is 0 Å². The minimum atomic E-state index is -0.840. The van der Waals surface area contributed by atoms with Crippen LogP contribution in [0, 0.1) is 0 Å². The largest absolute Gasteiger partial charge is 0.394 e. The van der Waals surface area contributed by atoms with Crippen LogP contribution >= 0.6 is 0 Å². The lowest BCUT2D eigenvalue weighted by molar-refractivity contribution is -0.123. The van der Waals surface area contributed by atoms with E-state index in [9.17, 15) is 15.0 Å². The Bertz CT molecular complexity index is 855. The van der Waals surface area contributed by atoms with E-state index in [1.54, 1.807) is 6.08 Å². The lowest BCUT2D eigenvalue weighted by Gasteiger charge is -2.20. The molecule has 1 amide bonds. The van der Waals surface area contributed by atoms with Crippen molar-refractivity contribution in [2.24, 2.45) is 0 Å². The lowest BCUT2D eigenvalue weighted by Crippen LogP contribution is -2.45. The molecule has 0 heterocycles. The predicted octanol–water partition coefficient (Wildman–Crippen LogP) is 17.5. The highest BCUT2D eigenvalue weighted by molar-refractivity contribution is 5.76. The zero-order valence-corrected chi connectivity index (χ0v) is 40.3. The summed E-state index contributed by atoms with van der Waals surface area (Å²) in [5, 5.41) is 23.2. The molecular formula is C55H107NO3. The van der Waals surface area contributed by atoms with Crippen LogP contribution in [0.2, 0.25) is 0 Å². The Hall–Kier alpha value is -1.13. The fraction of sp³-hybridized carbons (Fsp3) is 0.909. The van der Waals surface area contributed by atoms with Gasteiger partial charge < -0.3 is 15.5 Å². The van der Waals surface area contributed by atoms with Crippen molar-refractivity contribution in [1.29, 1.82) is 0 Å². The number of allylic oxidation sites excluding steroid dienone is 3. The van der Waals surface area contributed by atoms with Crippen LogP contribution in [0.5, 0.6) is 0 Å². The molecule has 4 heteroatoms. The van der Waals surface area contributed by atoms with Gasteiger partial charge in [-0.25, -0.2) is 0 Å². The molecule has 0 aromatic heterocycles. The van der Waals surface area contributed by atoms with Crippen LogP contribution in [-0.4, -0.2) is 34.9 Å². The smallest absolute Gasteiger partial charge is 0.220 e. The molecule has 0 spiro atoms. The van der Waals surface area contributed by atoms with E-state index in [1.807, 2.05) is 6.08 Å². The molecule has 59 heavy (non-hydrogen) atoms. The van der Waals surface area contributed by atoms with Crippen molar-refractivity contribution in [2.45, 2.75) is 315 Å². The second kappa shape index (κ2) is 51.2. The number of amides is 1. The fourth-order valence-electron chi connectivity index (χ4n) is 8.53. The molecule has 0 saturated carbocycles. The first-order valence-electron chi connectivity index (χ1n) is 27.1. The highest BCUT2D eigenvalue weighted by Gasteiger charge is 2.18. The summed E-state index contributed by atoms with van der Waals surface area (Å²) in [6.07, 6.45) is 67.6. The number of aliphatic hydroxyl groups is 2. The average molecular weight is 830 g/mol. The van der Waals surface area contributed by atoms with E-state index < -0.39 is 12.1 Å². The maximum absolute atomic E-state index is 12.5. The number of rotatable bonds is 50. The highest BCUT2D eigenvalue weighted by atomic mass is 16.3. The average Bonchev–Trinajstić information content (AvgIpc) is 3.24. The molecule has 0 aromatic rings. The van der Waals surface area contributed by atoms with Crippen LogP contribution in [0.15, 0.2) is 24.3 Å². The van der Waals surface area contributed by atoms with Gasteiger partial charge in [-0.3, -0.25) is 4.79 Å². The van der Waals surface area contributed by atoms with Crippen LogP contribution in [0.1, 0.15) is 303 Å². The molecule has 2 atom stereocenters. The van der Waals surface area contributed by atoms with Gasteiger partial charge in [0.15, 0.2) is 0 Å². The van der Waals surface area contributed by atoms with Gasteiger partial charge >= 0.3 is 0 Å². The first kappa shape index (κ1) is 57.9. The molecule has 0 aromatic carbocycles. The summed E-state index contributed by atoms with van der Waals surface area (Å²) in [4.78, 5) is 12.5. The summed E-state index contributed by atoms with van der Waals surface area (Å²) in [7, 11) is 0. The minimum Gasteiger partial charge on any atom is -0.394 e. The summed E-state index contributed by atoms with van der Waals surface area (Å²) in [6, 6.07) is -0.623. The van der Waals surface area contributed by atoms with Gasteiger partial charge in [0, 0.05) is 6.42 Å². The Labute approximate surface area is 370 Å². The molecule has 0 aliphatic carbocycles. The zero-order valence-electron chi connectivity index (χ0n) is 40.3. The Morgan fingerprint density at radius 2 is 0.644 bits per heavy atom. The number of unbranched alkanes of at least 4 members (excludes halogenated alkanes) is 41. The molecule has 2 unspecified atom stereocenters. The number of nitrogens with one attached hydrogen (secondary N) is 1. The maximum Gasteiger partial charge on any atom is 0.220 e. The van der Waals surface area contributed by atoms with Gasteiger partial charge in [0.05, 0.1) is 18.8 Å². The fourth-order valence-corrected chi connectivity index (χ4v) is 8.53. The summed E-state index contributed by atoms with van der Waals surface area (Å²) in [5.41, 5.74) is 0. The number of hydrogen-bond acceptors (Lipinski definition) is 3. The van der Waals surface area contributed by atoms with E-state index in [1.165, 1.54) is 257 Å². The summed E-state index contributed by atoms with van der Waals surface area (Å²) in [5.74, 6) is -0.0636. The van der Waals surface area contributed by atoms with Gasteiger partial charge in [0.25, 0.3) is 0 Å². The quantitative estimate of drug-likeness (QED) is 0.0422. The second-order valence-electron chi connectivity index (χ2n) is 18.7. The molecule has 3 N–H and O–H groups in total. The predicted molar refractivity (Wildman–Crippen MR) is 262 cm³/mol. The van der Waals surface area contributed by atoms with Gasteiger partial charge in [-0.15, -0.1) is 0 Å². The number of carbonyl (C=O) groups excluding carboxylic acids is 1. The third-order valence-corrected chi connectivity index (χ3v) is 12.7. The first-order valence-corrected chi connectivity index (χ1v) is 27.1. The Balaban J connectivity index is 3.49. The van der Waals surface area contributed by atoms with E-state index >= 15 is 0 Å². The van der Waals surface area contributed by atoms with Crippen LogP contribution in [-0.2, 0) is 4.79 Å². The van der Waals surface area contributed by atoms with E-state index in [0.717, 1.165) is 25.7 Å². The van der Waals surface area contributed by atoms with E-state index in [2.05, 4.69) is 31.3 Å². The standard InChI is InChI=1S/C55H107NO3/c1-3-5-7-9-11-13-15-17-19-21-23-25-27-28-29-30-32-34-36-38-40-42-44-46-48-50-54(58)53(52-57)56-55(59)51-49-47-45-43-41-39-37-35-33-31-26-24-22-20-18-16-14-12-10-8-6-4-2/h31,33,48,50,53-54,57-58H,3-30,32,34-47,49,51-52H2,1-2H3,(H,56,59)/b33-31-,50-48+. The molecule has 0 aliphatic rings. The SMILES string of the molecule is CCCCCCCCCCCCC/C=C\CCCCCCCCCC(=O)NC(CO)C(O)/C=C/CCCCCCCCCCCCCCCCCCCCCCCCC. The summed E-state index contributed by atoms with van der Waals surface area (Å²) < 4.78 is 0. The van der Waals surface area contributed by atoms with Crippen LogP contribution in [0.3, 0.4) is 0 Å². The zero-order chi connectivity index (χ0) is 42.8. The molecule has 0 bridgehead atoms. The highest BCUT2D eigenvalue weighted by Crippen LogP contribution is 2.17. The van der Waals surface area contributed by atoms with Gasteiger partial charge in [-0.2, -0.15) is 0 Å². The maximum atomic E-state index is 12.5. The molecule has 0 fully saturated rings. The van der Waals surface area contributed by atoms with E-state index in [0.29, 0.717) is 6.42 Å². The van der Waals surface area contributed by atoms with Crippen LogP contribution in [0.25, 0.3) is 0 Å². The molecule has 0 aliphatic heterocycles. The normalized spacial score (nSPS) is 12.9. The van der Waals surface area contributed by atoms with E-state index in [-0.39, 0.29) is 12.5 Å². The topological polar surface area (TPSA) is 69.6 Å². The first-order chi connectivity index (χ1) is 29.2. The molecule has 0 rings (SSSR count). The lowest BCUT2D eigenvalue weighted by atomic mass is 10.0. The molecular weight excluding hydrogens is 723 g/mol. The van der Waals surface area contributed by atoms with Gasteiger partial charge in [-0.1, -0.05) is 276 Å². The summed E-state index contributed by atoms with van der Waals surface area (Å²) >= 11 is 0. The number of aliphatic hydroxyl groups excluding tert-OH is 2. The van der Waals surface area contributed by atoms with Crippen molar-refractivity contribution in [3.63, 3.8) is 0 Å². The Kier molecular flexibility index (Phi) is 50.2. The third kappa shape index (κ3) is 47.8. The Morgan fingerprint density at radius 3 is 0.932 bits per heavy atom. The number of hydrogen-bond donors (Lipinski definition) is 3. The molecule has 350 valence electrons. The van der Waals surface area contributed by atoms with Crippen molar-refractivity contribution >= 4 is 5.91 Å². The van der Waals surface area contributed by atoms with Gasteiger partial charge in [0.2, 0.25) is 5.91 Å². The van der Waals surface area contributed by atoms with Gasteiger partial charge in [0.1, 0.15) is 0 Å². The van der Waals surface area contributed by atoms with Crippen LogP contribution in [0.4, 0.5) is 0 Å². The van der Waals surface area contributed by atoms with Gasteiger partial charge in [-0.05, 0) is 44.9 Å². The number of carbonyl (C=O) groups is 1. The molecule has 4 nitrogen and oxygen atoms in total. The molecule has 0 radical (unpaired) electrons. The van der Waals surface area contributed by atoms with Crippen molar-refractivity contribution < 1.29 is 15.0 Å². The summed E-state index contributed by atoms with van der Waals surface area (Å²) in [6.45, 7) is 4.34. The van der Waals surface area contributed by atoms with Crippen molar-refractivity contribution in [3.05, 3.63) is 24.3 Å². The third-order valence-electron chi connectivity index (χ3n) is 12.7. The van der Waals surface area contributed by atoms with Crippen molar-refractivity contribution in [3.8, 4) is 0 Å². The minimum absolute atomic E-state index is 0.0636. The molecule has 0 saturated heterocycles. The second-order valence-corrected chi connectivity index (χ2v) is 18.7. The van der Waals surface area contributed by atoms with Crippen LogP contribution < -0.4 is 5.32 Å². The van der Waals surface area contributed by atoms with Crippen molar-refractivity contribution in [2.75, 3.05) is 6.61 Å². The Morgan fingerprint density at radius 1 is 0.390 bits per heavy atom. The van der Waals surface area contributed by atoms with Crippen molar-refractivity contribution in [1.82, 2.24) is 5.32 Å².